The van der Waals surface area contributed by atoms with E-state index in [1.54, 1.807) is 0 Å². The van der Waals surface area contributed by atoms with Crippen molar-refractivity contribution in [1.29, 1.82) is 0 Å². The van der Waals surface area contributed by atoms with E-state index in [1.807, 2.05) is 0 Å². The minimum Gasteiger partial charge on any atom is -0.365 e. The van der Waals surface area contributed by atoms with E-state index in [9.17, 15) is 13.6 Å². The molecule has 0 spiro atoms. The molecule has 9 heteroatoms. The molecule has 2 aromatic heterocycles. The maximum Gasteiger partial charge on any atom is 0.252 e. The van der Waals surface area contributed by atoms with Crippen molar-refractivity contribution in [3.63, 3.8) is 0 Å². The third kappa shape index (κ3) is 4.13. The summed E-state index contributed by atoms with van der Waals surface area (Å²) in [6.07, 6.45) is 5.06. The van der Waals surface area contributed by atoms with Gasteiger partial charge in [-0.2, -0.15) is 0 Å². The Kier molecular flexibility index (Phi) is 5.50. The number of amides is 1. The summed E-state index contributed by atoms with van der Waals surface area (Å²) in [7, 11) is 0. The van der Waals surface area contributed by atoms with E-state index >= 15 is 0 Å². The average Bonchev–Trinajstić information content (AvgIpc) is 2.63. The van der Waals surface area contributed by atoms with Crippen LogP contribution in [0.1, 0.15) is 41.7 Å². The molecule has 2 atom stereocenters. The van der Waals surface area contributed by atoms with Crippen LogP contribution in [0.15, 0.2) is 18.3 Å². The summed E-state index contributed by atoms with van der Waals surface area (Å²) in [5, 5.41) is 5.72. The lowest BCUT2D eigenvalue weighted by molar-refractivity contribution is 0.100. The molecule has 0 saturated heterocycles. The first kappa shape index (κ1) is 19.0. The Labute approximate surface area is 155 Å². The largest absolute Gasteiger partial charge is 0.365 e. The summed E-state index contributed by atoms with van der Waals surface area (Å²) in [4.78, 5) is 19.7. The fourth-order valence-corrected chi connectivity index (χ4v) is 3.16. The molecule has 1 amide bonds. The monoisotopic (exact) mass is 376 g/mol. The van der Waals surface area contributed by atoms with Crippen LogP contribution in [-0.4, -0.2) is 28.0 Å². The Morgan fingerprint density at radius 3 is 2.70 bits per heavy atom. The van der Waals surface area contributed by atoms with Crippen molar-refractivity contribution in [2.75, 3.05) is 10.6 Å². The van der Waals surface area contributed by atoms with Crippen molar-refractivity contribution in [2.24, 2.45) is 11.5 Å². The van der Waals surface area contributed by atoms with Gasteiger partial charge < -0.3 is 22.1 Å². The van der Waals surface area contributed by atoms with E-state index in [-0.39, 0.29) is 40.7 Å². The van der Waals surface area contributed by atoms with Gasteiger partial charge in [0, 0.05) is 18.3 Å². The van der Waals surface area contributed by atoms with Crippen molar-refractivity contribution in [3.05, 3.63) is 41.2 Å². The molecule has 2 heterocycles. The Bertz CT molecular complexity index is 860. The molecule has 6 N–H and O–H groups in total. The second kappa shape index (κ2) is 7.83. The van der Waals surface area contributed by atoms with Crippen molar-refractivity contribution in [3.8, 4) is 0 Å². The van der Waals surface area contributed by atoms with E-state index in [4.69, 9.17) is 11.5 Å². The smallest absolute Gasteiger partial charge is 0.252 e. The minimum absolute atomic E-state index is 0.0414. The van der Waals surface area contributed by atoms with Crippen LogP contribution in [-0.2, 0) is 0 Å². The number of carbonyl (C=O) groups excluding carboxylic acids is 1. The van der Waals surface area contributed by atoms with E-state index in [2.05, 4.69) is 20.6 Å². The molecular formula is C18H22F2N6O. The van der Waals surface area contributed by atoms with Crippen LogP contribution in [0.2, 0.25) is 0 Å². The number of anilines is 3. The standard InChI is InChI=1S/C18H22F2N6O/c1-9-15(20)14(6-7-23-9)25-17-10(16(22)27)8-11(19)18(26-17)24-13-5-3-2-4-12(13)21/h6-8,12-13H,2-5,21H2,1H3,(H2,22,27)(H2,23,24,25,26)/t12-,13?/m0/s1. The summed E-state index contributed by atoms with van der Waals surface area (Å²) in [6, 6.07) is 2.13. The number of carbonyl (C=O) groups is 1. The normalized spacial score (nSPS) is 19.6. The number of nitrogens with two attached hydrogens (primary N) is 2. The molecule has 0 aliphatic heterocycles. The van der Waals surface area contributed by atoms with Gasteiger partial charge in [0.15, 0.2) is 17.5 Å². The predicted molar refractivity (Wildman–Crippen MR) is 98.8 cm³/mol. The van der Waals surface area contributed by atoms with Gasteiger partial charge in [-0.1, -0.05) is 12.8 Å². The van der Waals surface area contributed by atoms with Crippen LogP contribution in [0.3, 0.4) is 0 Å². The molecule has 0 bridgehead atoms. The van der Waals surface area contributed by atoms with Crippen molar-refractivity contribution in [1.82, 2.24) is 9.97 Å². The molecule has 0 radical (unpaired) electrons. The zero-order chi connectivity index (χ0) is 19.6. The first-order valence-corrected chi connectivity index (χ1v) is 8.77. The predicted octanol–water partition coefficient (Wildman–Crippen LogP) is 2.59. The second-order valence-electron chi connectivity index (χ2n) is 6.66. The summed E-state index contributed by atoms with van der Waals surface area (Å²) in [6.45, 7) is 1.51. The highest BCUT2D eigenvalue weighted by atomic mass is 19.1. The molecule has 144 valence electrons. The van der Waals surface area contributed by atoms with Gasteiger partial charge in [0.05, 0.1) is 16.9 Å². The maximum atomic E-state index is 14.5. The lowest BCUT2D eigenvalue weighted by Crippen LogP contribution is -2.43. The summed E-state index contributed by atoms with van der Waals surface area (Å²) >= 11 is 0. The molecular weight excluding hydrogens is 354 g/mol. The maximum absolute atomic E-state index is 14.5. The van der Waals surface area contributed by atoms with Gasteiger partial charge in [0.1, 0.15) is 5.82 Å². The van der Waals surface area contributed by atoms with Crippen molar-refractivity contribution >= 4 is 23.2 Å². The minimum atomic E-state index is -0.879. The first-order chi connectivity index (χ1) is 12.9. The van der Waals surface area contributed by atoms with E-state index in [0.717, 1.165) is 31.7 Å². The number of aromatic nitrogens is 2. The van der Waals surface area contributed by atoms with Crippen molar-refractivity contribution in [2.45, 2.75) is 44.7 Å². The van der Waals surface area contributed by atoms with Gasteiger partial charge >= 0.3 is 0 Å². The Morgan fingerprint density at radius 2 is 2.00 bits per heavy atom. The number of aryl methyl sites for hydroxylation is 1. The lowest BCUT2D eigenvalue weighted by atomic mass is 9.91. The molecule has 1 aliphatic rings. The van der Waals surface area contributed by atoms with Gasteiger partial charge in [-0.05, 0) is 31.9 Å². The van der Waals surface area contributed by atoms with Crippen molar-refractivity contribution < 1.29 is 13.6 Å². The van der Waals surface area contributed by atoms with Crippen LogP contribution >= 0.6 is 0 Å². The van der Waals surface area contributed by atoms with Gasteiger partial charge in [0.25, 0.3) is 5.91 Å². The number of hydrogen-bond donors (Lipinski definition) is 4. The number of hydrogen-bond acceptors (Lipinski definition) is 6. The zero-order valence-electron chi connectivity index (χ0n) is 14.9. The van der Waals surface area contributed by atoms with Crippen LogP contribution < -0.4 is 22.1 Å². The number of nitrogens with zero attached hydrogens (tertiary/aromatic N) is 2. The summed E-state index contributed by atoms with van der Waals surface area (Å²) in [5.41, 5.74) is 11.5. The Hall–Kier alpha value is -2.81. The highest BCUT2D eigenvalue weighted by Gasteiger charge is 2.24. The third-order valence-corrected chi connectivity index (χ3v) is 4.70. The van der Waals surface area contributed by atoms with Gasteiger partial charge in [-0.25, -0.2) is 13.8 Å². The fourth-order valence-electron chi connectivity index (χ4n) is 3.16. The molecule has 1 unspecified atom stereocenters. The fraction of sp³-hybridized carbons (Fsp3) is 0.389. The number of halogens is 2. The van der Waals surface area contributed by atoms with Crippen LogP contribution in [0.5, 0.6) is 0 Å². The highest BCUT2D eigenvalue weighted by molar-refractivity contribution is 5.98. The third-order valence-electron chi connectivity index (χ3n) is 4.70. The molecule has 1 aliphatic carbocycles. The van der Waals surface area contributed by atoms with Crippen LogP contribution in [0.25, 0.3) is 0 Å². The van der Waals surface area contributed by atoms with Gasteiger partial charge in [-0.3, -0.25) is 9.78 Å². The average molecular weight is 376 g/mol. The number of rotatable bonds is 5. The van der Waals surface area contributed by atoms with Gasteiger partial charge in [0.2, 0.25) is 0 Å². The Morgan fingerprint density at radius 1 is 1.26 bits per heavy atom. The number of primary amides is 1. The molecule has 0 aromatic carbocycles. The summed E-state index contributed by atoms with van der Waals surface area (Å²) in [5.74, 6) is -2.30. The highest BCUT2D eigenvalue weighted by Crippen LogP contribution is 2.27. The quantitative estimate of drug-likeness (QED) is 0.637. The molecule has 1 fully saturated rings. The Balaban J connectivity index is 1.95. The second-order valence-corrected chi connectivity index (χ2v) is 6.66. The SMILES string of the molecule is Cc1nccc(Nc2nc(NC3CCCC[C@@H]3N)c(F)cc2C(N)=O)c1F. The lowest BCUT2D eigenvalue weighted by Gasteiger charge is -2.30. The van der Waals surface area contributed by atoms with Crippen LogP contribution in [0.4, 0.5) is 26.1 Å². The molecule has 2 aromatic rings. The number of nitrogens with one attached hydrogen (secondary N) is 2. The molecule has 7 nitrogen and oxygen atoms in total. The van der Waals surface area contributed by atoms with Crippen LogP contribution in [0, 0.1) is 18.6 Å². The zero-order valence-corrected chi connectivity index (χ0v) is 14.9. The summed E-state index contributed by atoms with van der Waals surface area (Å²) < 4.78 is 28.7. The van der Waals surface area contributed by atoms with E-state index in [0.29, 0.717) is 0 Å². The first-order valence-electron chi connectivity index (χ1n) is 8.77. The molecule has 3 rings (SSSR count). The topological polar surface area (TPSA) is 119 Å². The van der Waals surface area contributed by atoms with E-state index < -0.39 is 17.5 Å². The van der Waals surface area contributed by atoms with Gasteiger partial charge in [-0.15, -0.1) is 0 Å². The molecule has 1 saturated carbocycles. The molecule has 27 heavy (non-hydrogen) atoms. The van der Waals surface area contributed by atoms with E-state index in [1.165, 1.54) is 19.2 Å². The number of pyridine rings is 2.